The summed E-state index contributed by atoms with van der Waals surface area (Å²) >= 11 is 0. The SMILES string of the molecule is O=C1CCC(CNC(=O)C2NCCc3ccccc32)N1. The van der Waals surface area contributed by atoms with Crippen LogP contribution in [0.2, 0.25) is 0 Å². The van der Waals surface area contributed by atoms with Gasteiger partial charge in [0, 0.05) is 25.6 Å². The molecule has 1 fully saturated rings. The van der Waals surface area contributed by atoms with Crippen LogP contribution in [0.15, 0.2) is 24.3 Å². The standard InChI is InChI=1S/C15H19N3O2/c19-13-6-5-11(18-13)9-17-15(20)14-12-4-2-1-3-10(12)7-8-16-14/h1-4,11,14,16H,5-9H2,(H,17,20)(H,18,19). The first-order valence-electron chi connectivity index (χ1n) is 7.12. The molecule has 0 aliphatic carbocycles. The Balaban J connectivity index is 1.62. The van der Waals surface area contributed by atoms with Crippen LogP contribution in [-0.4, -0.2) is 30.9 Å². The van der Waals surface area contributed by atoms with Crippen molar-refractivity contribution in [3.63, 3.8) is 0 Å². The number of nitrogens with one attached hydrogen (secondary N) is 3. The summed E-state index contributed by atoms with van der Waals surface area (Å²) < 4.78 is 0. The van der Waals surface area contributed by atoms with Crippen molar-refractivity contribution < 1.29 is 9.59 Å². The average molecular weight is 273 g/mol. The fraction of sp³-hybridized carbons (Fsp3) is 0.467. The number of amides is 2. The molecule has 2 amide bonds. The van der Waals surface area contributed by atoms with Crippen LogP contribution in [0.5, 0.6) is 0 Å². The Morgan fingerprint density at radius 3 is 2.95 bits per heavy atom. The summed E-state index contributed by atoms with van der Waals surface area (Å²) in [6, 6.07) is 7.84. The van der Waals surface area contributed by atoms with Crippen molar-refractivity contribution in [1.29, 1.82) is 0 Å². The van der Waals surface area contributed by atoms with E-state index in [2.05, 4.69) is 22.0 Å². The first kappa shape index (κ1) is 13.1. The van der Waals surface area contributed by atoms with E-state index < -0.39 is 0 Å². The van der Waals surface area contributed by atoms with E-state index in [-0.39, 0.29) is 23.9 Å². The summed E-state index contributed by atoms with van der Waals surface area (Å²) in [4.78, 5) is 23.4. The number of hydrogen-bond donors (Lipinski definition) is 3. The second-order valence-electron chi connectivity index (χ2n) is 5.38. The highest BCUT2D eigenvalue weighted by Crippen LogP contribution is 2.22. The van der Waals surface area contributed by atoms with Gasteiger partial charge in [-0.05, 0) is 24.0 Å². The minimum atomic E-state index is -0.281. The van der Waals surface area contributed by atoms with Gasteiger partial charge in [0.1, 0.15) is 6.04 Å². The predicted octanol–water partition coefficient (Wildman–Crippen LogP) is 0.268. The van der Waals surface area contributed by atoms with Crippen LogP contribution in [0.3, 0.4) is 0 Å². The van der Waals surface area contributed by atoms with Crippen LogP contribution < -0.4 is 16.0 Å². The van der Waals surface area contributed by atoms with Gasteiger partial charge >= 0.3 is 0 Å². The summed E-state index contributed by atoms with van der Waals surface area (Å²) in [5, 5.41) is 9.06. The molecular weight excluding hydrogens is 254 g/mol. The number of carbonyl (C=O) groups excluding carboxylic acids is 2. The fourth-order valence-corrected chi connectivity index (χ4v) is 2.89. The molecule has 1 saturated heterocycles. The van der Waals surface area contributed by atoms with E-state index in [0.29, 0.717) is 13.0 Å². The van der Waals surface area contributed by atoms with Gasteiger partial charge < -0.3 is 16.0 Å². The van der Waals surface area contributed by atoms with Crippen molar-refractivity contribution in [2.45, 2.75) is 31.3 Å². The zero-order chi connectivity index (χ0) is 13.9. The number of rotatable bonds is 3. The summed E-state index contributed by atoms with van der Waals surface area (Å²) in [5.41, 5.74) is 2.30. The lowest BCUT2D eigenvalue weighted by atomic mass is 9.94. The molecule has 2 aliphatic rings. The van der Waals surface area contributed by atoms with Crippen molar-refractivity contribution in [2.75, 3.05) is 13.1 Å². The second-order valence-corrected chi connectivity index (χ2v) is 5.38. The molecule has 0 radical (unpaired) electrons. The maximum atomic E-state index is 12.3. The van der Waals surface area contributed by atoms with Gasteiger partial charge in [-0.3, -0.25) is 9.59 Å². The highest BCUT2D eigenvalue weighted by molar-refractivity contribution is 5.84. The van der Waals surface area contributed by atoms with Gasteiger partial charge in [-0.1, -0.05) is 24.3 Å². The van der Waals surface area contributed by atoms with Crippen molar-refractivity contribution in [3.8, 4) is 0 Å². The smallest absolute Gasteiger partial charge is 0.241 e. The van der Waals surface area contributed by atoms with Gasteiger partial charge in [0.2, 0.25) is 11.8 Å². The Bertz CT molecular complexity index is 530. The van der Waals surface area contributed by atoms with E-state index in [1.165, 1.54) is 5.56 Å². The van der Waals surface area contributed by atoms with Crippen LogP contribution in [0.4, 0.5) is 0 Å². The minimum absolute atomic E-state index is 0.0155. The van der Waals surface area contributed by atoms with Crippen molar-refractivity contribution in [2.24, 2.45) is 0 Å². The number of hydrogen-bond acceptors (Lipinski definition) is 3. The molecule has 0 bridgehead atoms. The lowest BCUT2D eigenvalue weighted by Gasteiger charge is -2.26. The number of carbonyl (C=O) groups is 2. The molecule has 0 saturated carbocycles. The molecular formula is C15H19N3O2. The third-order valence-corrected chi connectivity index (χ3v) is 3.98. The van der Waals surface area contributed by atoms with Gasteiger partial charge in [0.15, 0.2) is 0 Å². The van der Waals surface area contributed by atoms with E-state index in [9.17, 15) is 9.59 Å². The largest absolute Gasteiger partial charge is 0.352 e. The first-order valence-corrected chi connectivity index (χ1v) is 7.12. The van der Waals surface area contributed by atoms with Crippen molar-refractivity contribution >= 4 is 11.8 Å². The topological polar surface area (TPSA) is 70.2 Å². The second kappa shape index (κ2) is 5.63. The normalized spacial score (nSPS) is 24.9. The monoisotopic (exact) mass is 273 g/mol. The molecule has 0 spiro atoms. The Hall–Kier alpha value is -1.88. The molecule has 5 nitrogen and oxygen atoms in total. The highest BCUT2D eigenvalue weighted by atomic mass is 16.2. The van der Waals surface area contributed by atoms with E-state index in [1.54, 1.807) is 0 Å². The fourth-order valence-electron chi connectivity index (χ4n) is 2.89. The van der Waals surface area contributed by atoms with E-state index in [0.717, 1.165) is 24.9 Å². The molecule has 3 rings (SSSR count). The molecule has 20 heavy (non-hydrogen) atoms. The molecule has 1 aromatic carbocycles. The van der Waals surface area contributed by atoms with Crippen molar-refractivity contribution in [3.05, 3.63) is 35.4 Å². The highest BCUT2D eigenvalue weighted by Gasteiger charge is 2.27. The zero-order valence-electron chi connectivity index (χ0n) is 11.3. The molecule has 2 unspecified atom stereocenters. The summed E-state index contributed by atoms with van der Waals surface area (Å²) in [6.45, 7) is 1.32. The number of fused-ring (bicyclic) bond motifs is 1. The maximum Gasteiger partial charge on any atom is 0.241 e. The van der Waals surface area contributed by atoms with Crippen LogP contribution in [0.25, 0.3) is 0 Å². The lowest BCUT2D eigenvalue weighted by Crippen LogP contribution is -2.45. The van der Waals surface area contributed by atoms with Gasteiger partial charge in [0.05, 0.1) is 0 Å². The van der Waals surface area contributed by atoms with Gasteiger partial charge in [-0.15, -0.1) is 0 Å². The van der Waals surface area contributed by atoms with Crippen LogP contribution >= 0.6 is 0 Å². The predicted molar refractivity (Wildman–Crippen MR) is 75.1 cm³/mol. The van der Waals surface area contributed by atoms with E-state index in [4.69, 9.17) is 0 Å². The van der Waals surface area contributed by atoms with Gasteiger partial charge in [-0.2, -0.15) is 0 Å². The summed E-state index contributed by atoms with van der Waals surface area (Å²) in [6.07, 6.45) is 2.32. The molecule has 3 N–H and O–H groups in total. The third-order valence-electron chi connectivity index (χ3n) is 3.98. The molecule has 2 atom stereocenters. The molecule has 5 heteroatoms. The third kappa shape index (κ3) is 2.67. The lowest BCUT2D eigenvalue weighted by molar-refractivity contribution is -0.124. The Kier molecular flexibility index (Phi) is 3.69. The van der Waals surface area contributed by atoms with Gasteiger partial charge in [-0.25, -0.2) is 0 Å². The van der Waals surface area contributed by atoms with Crippen LogP contribution in [0, 0.1) is 0 Å². The van der Waals surface area contributed by atoms with Crippen molar-refractivity contribution in [1.82, 2.24) is 16.0 Å². The summed E-state index contributed by atoms with van der Waals surface area (Å²) in [5.74, 6) is 0.0590. The Morgan fingerprint density at radius 2 is 2.15 bits per heavy atom. The Morgan fingerprint density at radius 1 is 1.30 bits per heavy atom. The quantitative estimate of drug-likeness (QED) is 0.740. The zero-order valence-corrected chi connectivity index (χ0v) is 11.3. The molecule has 2 aliphatic heterocycles. The Labute approximate surface area is 118 Å². The van der Waals surface area contributed by atoms with E-state index in [1.807, 2.05) is 18.2 Å². The summed E-state index contributed by atoms with van der Waals surface area (Å²) in [7, 11) is 0. The van der Waals surface area contributed by atoms with Crippen LogP contribution in [0.1, 0.15) is 30.0 Å². The molecule has 0 aromatic heterocycles. The molecule has 106 valence electrons. The minimum Gasteiger partial charge on any atom is -0.352 e. The van der Waals surface area contributed by atoms with Crippen LogP contribution in [-0.2, 0) is 16.0 Å². The average Bonchev–Trinajstić information content (AvgIpc) is 2.90. The first-order chi connectivity index (χ1) is 9.74. The van der Waals surface area contributed by atoms with Gasteiger partial charge in [0.25, 0.3) is 0 Å². The number of benzene rings is 1. The maximum absolute atomic E-state index is 12.3. The van der Waals surface area contributed by atoms with E-state index >= 15 is 0 Å². The molecule has 2 heterocycles. The molecule has 1 aromatic rings.